The monoisotopic (exact) mass is 265 g/mol. The summed E-state index contributed by atoms with van der Waals surface area (Å²) < 4.78 is 0. The fourth-order valence-electron chi connectivity index (χ4n) is 2.08. The average Bonchev–Trinajstić information content (AvgIpc) is 2.42. The molecule has 3 heteroatoms. The number of aliphatic hydroxyl groups excluding tert-OH is 2. The van der Waals surface area contributed by atoms with Gasteiger partial charge in [-0.15, -0.1) is 0 Å². The van der Waals surface area contributed by atoms with Crippen LogP contribution in [0.3, 0.4) is 0 Å². The van der Waals surface area contributed by atoms with Crippen LogP contribution >= 0.6 is 0 Å². The molecule has 1 unspecified atom stereocenters. The summed E-state index contributed by atoms with van der Waals surface area (Å²) in [7, 11) is 2.08. The van der Waals surface area contributed by atoms with Crippen molar-refractivity contribution in [3.63, 3.8) is 0 Å². The van der Waals surface area contributed by atoms with E-state index in [1.165, 1.54) is 5.56 Å². The van der Waals surface area contributed by atoms with Gasteiger partial charge in [-0.05, 0) is 51.8 Å². The SMILES string of the molecule is Cc1ccc(C(O)CCN(C)CCCCCO)cc1. The summed E-state index contributed by atoms with van der Waals surface area (Å²) in [6.07, 6.45) is 3.46. The van der Waals surface area contributed by atoms with Gasteiger partial charge in [0.05, 0.1) is 6.10 Å². The lowest BCUT2D eigenvalue weighted by Gasteiger charge is -2.19. The van der Waals surface area contributed by atoms with Crippen molar-refractivity contribution in [3.05, 3.63) is 35.4 Å². The van der Waals surface area contributed by atoms with E-state index in [2.05, 4.69) is 18.9 Å². The first-order valence-corrected chi connectivity index (χ1v) is 7.17. The summed E-state index contributed by atoms with van der Waals surface area (Å²) in [5.41, 5.74) is 2.22. The van der Waals surface area contributed by atoms with Crippen LogP contribution in [-0.4, -0.2) is 41.9 Å². The zero-order chi connectivity index (χ0) is 14.1. The molecule has 0 bridgehead atoms. The molecule has 108 valence electrons. The first kappa shape index (κ1) is 16.2. The Hall–Kier alpha value is -0.900. The molecule has 1 aromatic rings. The van der Waals surface area contributed by atoms with Crippen molar-refractivity contribution in [1.82, 2.24) is 4.90 Å². The van der Waals surface area contributed by atoms with Crippen molar-refractivity contribution in [2.24, 2.45) is 0 Å². The molecule has 0 aliphatic heterocycles. The fourth-order valence-corrected chi connectivity index (χ4v) is 2.08. The molecule has 0 heterocycles. The van der Waals surface area contributed by atoms with Crippen molar-refractivity contribution in [3.8, 4) is 0 Å². The van der Waals surface area contributed by atoms with Gasteiger partial charge in [-0.1, -0.05) is 29.8 Å². The molecule has 1 atom stereocenters. The summed E-state index contributed by atoms with van der Waals surface area (Å²) in [6, 6.07) is 8.08. The van der Waals surface area contributed by atoms with Crippen molar-refractivity contribution in [2.45, 2.75) is 38.7 Å². The first-order chi connectivity index (χ1) is 9.13. The molecule has 0 amide bonds. The third-order valence-corrected chi connectivity index (χ3v) is 3.44. The number of rotatable bonds is 9. The van der Waals surface area contributed by atoms with Gasteiger partial charge in [-0.25, -0.2) is 0 Å². The Balaban J connectivity index is 2.22. The number of unbranched alkanes of at least 4 members (excludes halogenated alkanes) is 2. The van der Waals surface area contributed by atoms with Crippen LogP contribution in [0.2, 0.25) is 0 Å². The zero-order valence-corrected chi connectivity index (χ0v) is 12.2. The van der Waals surface area contributed by atoms with E-state index in [0.717, 1.165) is 44.3 Å². The lowest BCUT2D eigenvalue weighted by atomic mass is 10.0. The van der Waals surface area contributed by atoms with Crippen LogP contribution in [0.5, 0.6) is 0 Å². The van der Waals surface area contributed by atoms with Gasteiger partial charge in [0.25, 0.3) is 0 Å². The van der Waals surface area contributed by atoms with E-state index in [1.54, 1.807) is 0 Å². The Kier molecular flexibility index (Phi) is 7.72. The van der Waals surface area contributed by atoms with Crippen LogP contribution in [0.25, 0.3) is 0 Å². The second-order valence-electron chi connectivity index (χ2n) is 5.30. The molecule has 0 saturated carbocycles. The van der Waals surface area contributed by atoms with Crippen LogP contribution in [0.4, 0.5) is 0 Å². The molecule has 1 aromatic carbocycles. The van der Waals surface area contributed by atoms with Gasteiger partial charge >= 0.3 is 0 Å². The molecule has 0 spiro atoms. The van der Waals surface area contributed by atoms with Gasteiger partial charge in [0.15, 0.2) is 0 Å². The predicted octanol–water partition coefficient (Wildman–Crippen LogP) is 2.51. The van der Waals surface area contributed by atoms with E-state index >= 15 is 0 Å². The predicted molar refractivity (Wildman–Crippen MR) is 79.2 cm³/mol. The van der Waals surface area contributed by atoms with E-state index in [9.17, 15) is 5.11 Å². The van der Waals surface area contributed by atoms with E-state index in [0.29, 0.717) is 0 Å². The molecule has 1 rings (SSSR count). The Morgan fingerprint density at radius 2 is 1.74 bits per heavy atom. The maximum Gasteiger partial charge on any atom is 0.0802 e. The number of hydrogen-bond donors (Lipinski definition) is 2. The Morgan fingerprint density at radius 1 is 1.05 bits per heavy atom. The van der Waals surface area contributed by atoms with Crippen LogP contribution in [0.15, 0.2) is 24.3 Å². The lowest BCUT2D eigenvalue weighted by molar-refractivity contribution is 0.148. The number of benzene rings is 1. The second-order valence-corrected chi connectivity index (χ2v) is 5.30. The molecule has 0 saturated heterocycles. The van der Waals surface area contributed by atoms with Crippen LogP contribution in [0.1, 0.15) is 42.9 Å². The van der Waals surface area contributed by atoms with Crippen LogP contribution in [0, 0.1) is 6.92 Å². The quantitative estimate of drug-likeness (QED) is 0.674. The summed E-state index contributed by atoms with van der Waals surface area (Å²) in [4.78, 5) is 2.24. The van der Waals surface area contributed by atoms with Crippen molar-refractivity contribution in [2.75, 3.05) is 26.7 Å². The average molecular weight is 265 g/mol. The van der Waals surface area contributed by atoms with Crippen LogP contribution in [-0.2, 0) is 0 Å². The molecule has 3 nitrogen and oxygen atoms in total. The highest BCUT2D eigenvalue weighted by Gasteiger charge is 2.08. The molecular formula is C16H27NO2. The number of aliphatic hydroxyl groups is 2. The van der Waals surface area contributed by atoms with E-state index in [-0.39, 0.29) is 12.7 Å². The molecule has 0 aliphatic carbocycles. The van der Waals surface area contributed by atoms with Gasteiger partial charge in [-0.3, -0.25) is 0 Å². The second kappa shape index (κ2) is 9.08. The first-order valence-electron chi connectivity index (χ1n) is 7.17. The highest BCUT2D eigenvalue weighted by Crippen LogP contribution is 2.17. The Morgan fingerprint density at radius 3 is 2.37 bits per heavy atom. The molecule has 0 aliphatic rings. The molecule has 0 aromatic heterocycles. The zero-order valence-electron chi connectivity index (χ0n) is 12.2. The van der Waals surface area contributed by atoms with Gasteiger partial charge in [0, 0.05) is 13.2 Å². The number of aryl methyl sites for hydroxylation is 1. The van der Waals surface area contributed by atoms with E-state index < -0.39 is 0 Å². The summed E-state index contributed by atoms with van der Waals surface area (Å²) in [5, 5.41) is 18.8. The van der Waals surface area contributed by atoms with Crippen molar-refractivity contribution in [1.29, 1.82) is 0 Å². The fraction of sp³-hybridized carbons (Fsp3) is 0.625. The standard InChI is InChI=1S/C16H27NO2/c1-14-6-8-15(9-7-14)16(19)10-12-17(2)11-4-3-5-13-18/h6-9,16,18-19H,3-5,10-13H2,1-2H3. The Bertz CT molecular complexity index is 337. The smallest absolute Gasteiger partial charge is 0.0802 e. The van der Waals surface area contributed by atoms with Gasteiger partial charge < -0.3 is 15.1 Å². The van der Waals surface area contributed by atoms with Crippen LogP contribution < -0.4 is 0 Å². The molecule has 2 N–H and O–H groups in total. The summed E-state index contributed by atoms with van der Waals surface area (Å²) in [6.45, 7) is 4.26. The minimum atomic E-state index is -0.375. The van der Waals surface area contributed by atoms with Crippen molar-refractivity contribution < 1.29 is 10.2 Å². The number of hydrogen-bond acceptors (Lipinski definition) is 3. The third kappa shape index (κ3) is 6.71. The van der Waals surface area contributed by atoms with E-state index in [4.69, 9.17) is 5.11 Å². The highest BCUT2D eigenvalue weighted by atomic mass is 16.3. The normalized spacial score (nSPS) is 12.9. The molecule has 0 radical (unpaired) electrons. The topological polar surface area (TPSA) is 43.7 Å². The van der Waals surface area contributed by atoms with Gasteiger partial charge in [0.1, 0.15) is 0 Å². The third-order valence-electron chi connectivity index (χ3n) is 3.44. The molecule has 0 fully saturated rings. The molecular weight excluding hydrogens is 238 g/mol. The number of nitrogens with zero attached hydrogens (tertiary/aromatic N) is 1. The van der Waals surface area contributed by atoms with E-state index in [1.807, 2.05) is 24.3 Å². The van der Waals surface area contributed by atoms with Gasteiger partial charge in [0.2, 0.25) is 0 Å². The lowest BCUT2D eigenvalue weighted by Crippen LogP contribution is -2.22. The van der Waals surface area contributed by atoms with Gasteiger partial charge in [-0.2, -0.15) is 0 Å². The molecule has 19 heavy (non-hydrogen) atoms. The minimum absolute atomic E-state index is 0.288. The minimum Gasteiger partial charge on any atom is -0.396 e. The Labute approximate surface area is 116 Å². The van der Waals surface area contributed by atoms with Crippen molar-refractivity contribution >= 4 is 0 Å². The largest absolute Gasteiger partial charge is 0.396 e. The highest BCUT2D eigenvalue weighted by molar-refractivity contribution is 5.22. The maximum absolute atomic E-state index is 10.1. The summed E-state index contributed by atoms with van der Waals surface area (Å²) in [5.74, 6) is 0. The summed E-state index contributed by atoms with van der Waals surface area (Å²) >= 11 is 0. The maximum atomic E-state index is 10.1.